The van der Waals surface area contributed by atoms with Crippen LogP contribution >= 0.6 is 11.3 Å². The molecule has 2 N–H and O–H groups in total. The second kappa shape index (κ2) is 3.89. The normalized spacial score (nSPS) is 16.8. The topological polar surface area (TPSA) is 98.4 Å². The molecule has 0 spiro atoms. The van der Waals surface area contributed by atoms with Crippen LogP contribution in [0, 0.1) is 0 Å². The van der Waals surface area contributed by atoms with Gasteiger partial charge in [0.05, 0.1) is 0 Å². The number of amides is 1. The van der Waals surface area contributed by atoms with Crippen LogP contribution in [0.15, 0.2) is 0 Å². The molecule has 15 heavy (non-hydrogen) atoms. The number of piperazine rings is 1. The summed E-state index contributed by atoms with van der Waals surface area (Å²) in [4.78, 5) is 13.8. The number of carbonyl (C=O) groups is 1. The zero-order chi connectivity index (χ0) is 10.8. The first-order chi connectivity index (χ1) is 7.16. The highest BCUT2D eigenvalue weighted by atomic mass is 32.1. The molecule has 1 fully saturated rings. The zero-order valence-electron chi connectivity index (χ0n) is 7.92. The third kappa shape index (κ3) is 2.09. The summed E-state index contributed by atoms with van der Waals surface area (Å²) >= 11 is 1.30. The third-order valence-electron chi connectivity index (χ3n) is 2.24. The van der Waals surface area contributed by atoms with Crippen molar-refractivity contribution in [2.45, 2.75) is 0 Å². The van der Waals surface area contributed by atoms with Gasteiger partial charge < -0.3 is 25.4 Å². The number of nitrogens with zero attached hydrogens (tertiary/aromatic N) is 4. The second-order valence-corrected chi connectivity index (χ2v) is 4.15. The Balaban J connectivity index is 1.96. The number of hydrogen-bond donors (Lipinski definition) is 1. The SMILES string of the molecule is Nc1nnc(N2CCN(C(=O)[O-])CC2)s1. The highest BCUT2D eigenvalue weighted by Crippen LogP contribution is 2.22. The molecule has 0 bridgehead atoms. The highest BCUT2D eigenvalue weighted by molar-refractivity contribution is 7.18. The smallest absolute Gasteiger partial charge is 0.210 e. The Bertz CT molecular complexity index is 360. The van der Waals surface area contributed by atoms with Gasteiger partial charge in [-0.25, -0.2) is 0 Å². The van der Waals surface area contributed by atoms with Crippen molar-refractivity contribution in [3.8, 4) is 0 Å². The Morgan fingerprint density at radius 3 is 2.47 bits per heavy atom. The summed E-state index contributed by atoms with van der Waals surface area (Å²) in [5.74, 6) is 0. The molecule has 2 heterocycles. The van der Waals surface area contributed by atoms with Gasteiger partial charge in [-0.1, -0.05) is 11.3 Å². The minimum atomic E-state index is -1.12. The van der Waals surface area contributed by atoms with Crippen LogP contribution in [0.1, 0.15) is 0 Å². The summed E-state index contributed by atoms with van der Waals surface area (Å²) < 4.78 is 0. The van der Waals surface area contributed by atoms with Crippen molar-refractivity contribution in [3.05, 3.63) is 0 Å². The molecule has 1 aliphatic rings. The lowest BCUT2D eigenvalue weighted by atomic mass is 10.3. The lowest BCUT2D eigenvalue weighted by Crippen LogP contribution is -2.52. The van der Waals surface area contributed by atoms with E-state index in [0.717, 1.165) is 5.13 Å². The van der Waals surface area contributed by atoms with Crippen LogP contribution in [0.25, 0.3) is 0 Å². The van der Waals surface area contributed by atoms with Crippen LogP contribution in [-0.2, 0) is 0 Å². The van der Waals surface area contributed by atoms with Crippen LogP contribution in [-0.4, -0.2) is 47.4 Å². The third-order valence-corrected chi connectivity index (χ3v) is 3.05. The highest BCUT2D eigenvalue weighted by Gasteiger charge is 2.19. The van der Waals surface area contributed by atoms with Gasteiger partial charge in [-0.3, -0.25) is 0 Å². The number of aromatic nitrogens is 2. The Hall–Kier alpha value is -1.57. The number of carboxylic acid groups (broad SMARTS) is 1. The van der Waals surface area contributed by atoms with E-state index in [9.17, 15) is 9.90 Å². The quantitative estimate of drug-likeness (QED) is 0.633. The molecule has 1 amide bonds. The van der Waals surface area contributed by atoms with Gasteiger partial charge in [0.25, 0.3) is 0 Å². The first-order valence-corrected chi connectivity index (χ1v) is 5.28. The van der Waals surface area contributed by atoms with Crippen LogP contribution < -0.4 is 15.7 Å². The molecule has 0 saturated carbocycles. The van der Waals surface area contributed by atoms with E-state index >= 15 is 0 Å². The molecule has 0 atom stereocenters. The van der Waals surface area contributed by atoms with Gasteiger partial charge in [0.2, 0.25) is 10.3 Å². The first kappa shape index (κ1) is 9.97. The number of carbonyl (C=O) groups excluding carboxylic acids is 1. The van der Waals surface area contributed by atoms with E-state index in [1.165, 1.54) is 16.2 Å². The molecule has 7 nitrogen and oxygen atoms in total. The average Bonchev–Trinajstić information content (AvgIpc) is 2.65. The van der Waals surface area contributed by atoms with Crippen molar-refractivity contribution in [1.82, 2.24) is 15.1 Å². The monoisotopic (exact) mass is 228 g/mol. The van der Waals surface area contributed by atoms with E-state index < -0.39 is 6.09 Å². The van der Waals surface area contributed by atoms with Gasteiger partial charge in [-0.15, -0.1) is 10.2 Å². The van der Waals surface area contributed by atoms with Gasteiger partial charge in [0, 0.05) is 26.2 Å². The lowest BCUT2D eigenvalue weighted by Gasteiger charge is -2.35. The number of rotatable bonds is 1. The largest absolute Gasteiger partial charge is 0.530 e. The van der Waals surface area contributed by atoms with E-state index in [-0.39, 0.29) is 0 Å². The van der Waals surface area contributed by atoms with Crippen molar-refractivity contribution in [2.24, 2.45) is 0 Å². The summed E-state index contributed by atoms with van der Waals surface area (Å²) in [5, 5.41) is 19.3. The van der Waals surface area contributed by atoms with Crippen molar-refractivity contribution in [3.63, 3.8) is 0 Å². The van der Waals surface area contributed by atoms with Gasteiger partial charge in [0.1, 0.15) is 6.09 Å². The minimum Gasteiger partial charge on any atom is -0.530 e. The first-order valence-electron chi connectivity index (χ1n) is 4.46. The van der Waals surface area contributed by atoms with Crippen LogP contribution in [0.2, 0.25) is 0 Å². The van der Waals surface area contributed by atoms with Crippen LogP contribution in [0.4, 0.5) is 15.1 Å². The Kier molecular flexibility index (Phi) is 2.58. The van der Waals surface area contributed by atoms with Crippen molar-refractivity contribution < 1.29 is 9.90 Å². The summed E-state index contributed by atoms with van der Waals surface area (Å²) in [5.41, 5.74) is 5.46. The van der Waals surface area contributed by atoms with Gasteiger partial charge >= 0.3 is 0 Å². The Morgan fingerprint density at radius 1 is 1.33 bits per heavy atom. The van der Waals surface area contributed by atoms with Crippen LogP contribution in [0.5, 0.6) is 0 Å². The summed E-state index contributed by atoms with van der Waals surface area (Å²) in [6.45, 7) is 2.06. The number of nitrogen functional groups attached to an aromatic ring is 1. The standard InChI is InChI=1S/C7H11N5O2S/c8-5-9-10-6(15-5)11-1-3-12(4-2-11)7(13)14/h1-4H2,(H2,8,9)(H,13,14)/p-1. The molecule has 0 aliphatic carbocycles. The van der Waals surface area contributed by atoms with Gasteiger partial charge in [-0.2, -0.15) is 0 Å². The molecule has 1 aliphatic heterocycles. The fraction of sp³-hybridized carbons (Fsp3) is 0.571. The van der Waals surface area contributed by atoms with Crippen molar-refractivity contribution in [1.29, 1.82) is 0 Å². The molecule has 1 saturated heterocycles. The zero-order valence-corrected chi connectivity index (χ0v) is 8.74. The van der Waals surface area contributed by atoms with E-state index in [0.29, 0.717) is 31.3 Å². The molecule has 1 aromatic rings. The molecule has 0 unspecified atom stereocenters. The van der Waals surface area contributed by atoms with Gasteiger partial charge in [-0.05, 0) is 0 Å². The summed E-state index contributed by atoms with van der Waals surface area (Å²) in [7, 11) is 0. The Labute approximate surface area is 90.1 Å². The predicted octanol–water partition coefficient (Wildman–Crippen LogP) is -1.41. The number of anilines is 2. The molecule has 0 radical (unpaired) electrons. The second-order valence-electron chi connectivity index (χ2n) is 3.16. The number of nitrogens with two attached hydrogens (primary N) is 1. The van der Waals surface area contributed by atoms with E-state index in [1.54, 1.807) is 0 Å². The molecule has 2 rings (SSSR count). The molecular formula is C7H10N5O2S-. The van der Waals surface area contributed by atoms with Crippen LogP contribution in [0.3, 0.4) is 0 Å². The molecule has 82 valence electrons. The lowest BCUT2D eigenvalue weighted by molar-refractivity contribution is -0.265. The van der Waals surface area contributed by atoms with E-state index in [1.807, 2.05) is 4.90 Å². The number of hydrogen-bond acceptors (Lipinski definition) is 7. The molecule has 8 heteroatoms. The summed E-state index contributed by atoms with van der Waals surface area (Å²) in [6, 6.07) is 0. The Morgan fingerprint density at radius 2 is 2.00 bits per heavy atom. The molecule has 1 aromatic heterocycles. The maximum absolute atomic E-state index is 10.6. The fourth-order valence-corrected chi connectivity index (χ4v) is 2.10. The van der Waals surface area contributed by atoms with E-state index in [4.69, 9.17) is 5.73 Å². The molecular weight excluding hydrogens is 218 g/mol. The fourth-order valence-electron chi connectivity index (χ4n) is 1.43. The minimum absolute atomic E-state index is 0.423. The van der Waals surface area contributed by atoms with E-state index in [2.05, 4.69) is 10.2 Å². The van der Waals surface area contributed by atoms with Gasteiger partial charge in [0.15, 0.2) is 0 Å². The molecule has 0 aromatic carbocycles. The maximum Gasteiger partial charge on any atom is 0.210 e. The predicted molar refractivity (Wildman–Crippen MR) is 53.5 cm³/mol. The maximum atomic E-state index is 10.6. The average molecular weight is 228 g/mol. The summed E-state index contributed by atoms with van der Waals surface area (Å²) in [6.07, 6.45) is -1.12. The van der Waals surface area contributed by atoms with Crippen molar-refractivity contribution >= 4 is 27.7 Å². The van der Waals surface area contributed by atoms with Crippen molar-refractivity contribution in [2.75, 3.05) is 36.8 Å².